The van der Waals surface area contributed by atoms with Gasteiger partial charge in [-0.05, 0) is 30.5 Å². The van der Waals surface area contributed by atoms with Crippen LogP contribution in [0.25, 0.3) is 11.0 Å². The van der Waals surface area contributed by atoms with E-state index in [-0.39, 0.29) is 21.1 Å². The highest BCUT2D eigenvalue weighted by Gasteiger charge is 2.29. The van der Waals surface area contributed by atoms with E-state index in [0.29, 0.717) is 10.1 Å². The smallest absolute Gasteiger partial charge is 0.349 e. The first-order valence-electron chi connectivity index (χ1n) is 7.69. The number of benzene rings is 1. The number of sulfonamides is 1. The molecule has 0 aliphatic carbocycles. The van der Waals surface area contributed by atoms with Gasteiger partial charge < -0.3 is 4.74 Å². The molecule has 1 N–H and O–H groups in total. The second kappa shape index (κ2) is 7.33. The van der Waals surface area contributed by atoms with Crippen LogP contribution in [-0.2, 0) is 14.8 Å². The Balaban J connectivity index is 1.99. The van der Waals surface area contributed by atoms with Crippen LogP contribution in [0.2, 0.25) is 0 Å². The van der Waals surface area contributed by atoms with Crippen LogP contribution >= 0.6 is 11.3 Å². The van der Waals surface area contributed by atoms with E-state index in [1.165, 1.54) is 24.4 Å². The zero-order valence-corrected chi connectivity index (χ0v) is 15.9. The van der Waals surface area contributed by atoms with Gasteiger partial charge in [0.15, 0.2) is 0 Å². The molecule has 2 aromatic heterocycles. The normalized spacial score (nSPS) is 13.2. The van der Waals surface area contributed by atoms with Crippen molar-refractivity contribution in [3.63, 3.8) is 0 Å². The Kier molecular flexibility index (Phi) is 5.27. The summed E-state index contributed by atoms with van der Waals surface area (Å²) in [6.45, 7) is -1.49. The highest BCUT2D eigenvalue weighted by Crippen LogP contribution is 2.29. The van der Waals surface area contributed by atoms with E-state index >= 15 is 0 Å². The molecule has 0 aliphatic rings. The lowest BCUT2D eigenvalue weighted by atomic mass is 10.3. The van der Waals surface area contributed by atoms with E-state index in [9.17, 15) is 22.0 Å². The number of thiophene rings is 1. The molecule has 0 aliphatic heterocycles. The zero-order chi connectivity index (χ0) is 19.8. The average Bonchev–Trinajstić information content (AvgIpc) is 3.25. The number of halogens is 2. The number of ether oxygens (including phenoxy) is 1. The first-order chi connectivity index (χ1) is 12.8. The van der Waals surface area contributed by atoms with Crippen LogP contribution in [0.15, 0.2) is 40.6 Å². The van der Waals surface area contributed by atoms with Gasteiger partial charge in [0.1, 0.15) is 15.6 Å². The molecule has 3 aromatic rings. The van der Waals surface area contributed by atoms with Gasteiger partial charge in [-0.25, -0.2) is 22.9 Å². The molecule has 11 heteroatoms. The third-order valence-electron chi connectivity index (χ3n) is 3.83. The van der Waals surface area contributed by atoms with Crippen LogP contribution in [-0.4, -0.2) is 31.0 Å². The Labute approximate surface area is 157 Å². The molecule has 0 bridgehead atoms. The number of methoxy groups -OCH3 is 1. The fourth-order valence-electron chi connectivity index (χ4n) is 2.67. The van der Waals surface area contributed by atoms with E-state index in [2.05, 4.69) is 14.4 Å². The molecule has 0 fully saturated rings. The number of carbonyl (C=O) groups excluding carboxylic acids is 1. The van der Waals surface area contributed by atoms with Gasteiger partial charge in [-0.3, -0.25) is 4.57 Å². The molecule has 27 heavy (non-hydrogen) atoms. The van der Waals surface area contributed by atoms with Gasteiger partial charge >= 0.3 is 12.5 Å². The van der Waals surface area contributed by atoms with Crippen LogP contribution in [0, 0.1) is 0 Å². The molecular weight excluding hydrogens is 400 g/mol. The lowest BCUT2D eigenvalue weighted by Gasteiger charge is -2.16. The van der Waals surface area contributed by atoms with E-state index in [4.69, 9.17) is 0 Å². The maximum Gasteiger partial charge on any atom is 0.349 e. The van der Waals surface area contributed by atoms with Crippen molar-refractivity contribution in [3.8, 4) is 0 Å². The molecule has 0 saturated heterocycles. The molecule has 1 atom stereocenters. The predicted molar refractivity (Wildman–Crippen MR) is 95.4 cm³/mol. The molecule has 0 radical (unpaired) electrons. The standard InChI is InChI=1S/C16H15F2N3O4S2/c1-9(14-19-10-5-3-4-6-11(10)21(14)16(17)18)20-27(23,24)12-7-8-26-13(12)15(22)25-2/h3-9,16,20H,1-2H3/t9-/m0/s1. The minimum Gasteiger partial charge on any atom is -0.465 e. The van der Waals surface area contributed by atoms with Crippen molar-refractivity contribution in [2.75, 3.05) is 7.11 Å². The van der Waals surface area contributed by atoms with Crippen molar-refractivity contribution in [3.05, 3.63) is 46.4 Å². The Morgan fingerprint density at radius 1 is 1.30 bits per heavy atom. The van der Waals surface area contributed by atoms with E-state index in [1.54, 1.807) is 18.2 Å². The fraction of sp³-hybridized carbons (Fsp3) is 0.250. The van der Waals surface area contributed by atoms with Gasteiger partial charge in [0.05, 0.1) is 24.2 Å². The highest BCUT2D eigenvalue weighted by atomic mass is 32.2. The SMILES string of the molecule is COC(=O)c1sccc1S(=O)(=O)N[C@@H](C)c1nc2ccccc2n1C(F)F. The minimum atomic E-state index is -4.17. The van der Waals surface area contributed by atoms with Crippen molar-refractivity contribution in [2.24, 2.45) is 0 Å². The topological polar surface area (TPSA) is 90.3 Å². The number of carbonyl (C=O) groups is 1. The monoisotopic (exact) mass is 415 g/mol. The first-order valence-corrected chi connectivity index (χ1v) is 10.1. The third kappa shape index (κ3) is 3.57. The molecule has 0 spiro atoms. The number of rotatable bonds is 6. The van der Waals surface area contributed by atoms with Crippen LogP contribution in [0.3, 0.4) is 0 Å². The summed E-state index contributed by atoms with van der Waals surface area (Å²) in [7, 11) is -3.03. The van der Waals surface area contributed by atoms with Gasteiger partial charge in [0.2, 0.25) is 10.0 Å². The zero-order valence-electron chi connectivity index (χ0n) is 14.2. The fourth-order valence-corrected chi connectivity index (χ4v) is 5.21. The van der Waals surface area contributed by atoms with Crippen molar-refractivity contribution in [2.45, 2.75) is 24.4 Å². The number of alkyl halides is 2. The molecular formula is C16H15F2N3O4S2. The van der Waals surface area contributed by atoms with Gasteiger partial charge in [-0.15, -0.1) is 11.3 Å². The second-order valence-electron chi connectivity index (χ2n) is 5.55. The van der Waals surface area contributed by atoms with E-state index in [1.807, 2.05) is 0 Å². The van der Waals surface area contributed by atoms with Crippen LogP contribution < -0.4 is 4.72 Å². The highest BCUT2D eigenvalue weighted by molar-refractivity contribution is 7.89. The third-order valence-corrected chi connectivity index (χ3v) is 6.43. The minimum absolute atomic E-state index is 0.0976. The van der Waals surface area contributed by atoms with Crippen molar-refractivity contribution in [1.29, 1.82) is 0 Å². The Bertz CT molecular complexity index is 1090. The number of hydrogen-bond acceptors (Lipinski definition) is 6. The number of para-hydroxylation sites is 2. The summed E-state index contributed by atoms with van der Waals surface area (Å²) in [6, 6.07) is 6.47. The molecule has 0 unspecified atom stereocenters. The largest absolute Gasteiger partial charge is 0.465 e. The Hall–Kier alpha value is -2.37. The number of imidazole rings is 1. The molecule has 7 nitrogen and oxygen atoms in total. The van der Waals surface area contributed by atoms with Crippen LogP contribution in [0.5, 0.6) is 0 Å². The van der Waals surface area contributed by atoms with Gasteiger partial charge in [-0.2, -0.15) is 8.78 Å². The molecule has 1 aromatic carbocycles. The first kappa shape index (κ1) is 19.4. The molecule has 3 rings (SSSR count). The van der Waals surface area contributed by atoms with E-state index < -0.39 is 28.6 Å². The van der Waals surface area contributed by atoms with Gasteiger partial charge in [-0.1, -0.05) is 12.1 Å². The molecule has 0 saturated carbocycles. The predicted octanol–water partition coefficient (Wildman–Crippen LogP) is 3.32. The van der Waals surface area contributed by atoms with Crippen LogP contribution in [0.4, 0.5) is 8.78 Å². The number of nitrogens with one attached hydrogen (secondary N) is 1. The number of hydrogen-bond donors (Lipinski definition) is 1. The van der Waals surface area contributed by atoms with Crippen LogP contribution in [0.1, 0.15) is 35.0 Å². The van der Waals surface area contributed by atoms with Gasteiger partial charge in [0.25, 0.3) is 0 Å². The van der Waals surface area contributed by atoms with Gasteiger partial charge in [0, 0.05) is 0 Å². The Morgan fingerprint density at radius 2 is 2.00 bits per heavy atom. The summed E-state index contributed by atoms with van der Waals surface area (Å²) in [5, 5.41) is 1.43. The lowest BCUT2D eigenvalue weighted by Crippen LogP contribution is -2.29. The molecule has 0 amide bonds. The molecule has 144 valence electrons. The molecule has 2 heterocycles. The summed E-state index contributed by atoms with van der Waals surface area (Å²) >= 11 is 0.909. The summed E-state index contributed by atoms with van der Waals surface area (Å²) in [4.78, 5) is 15.5. The number of fused-ring (bicyclic) bond motifs is 1. The second-order valence-corrected chi connectivity index (χ2v) is 8.15. The van der Waals surface area contributed by atoms with Crippen molar-refractivity contribution in [1.82, 2.24) is 14.3 Å². The lowest BCUT2D eigenvalue weighted by molar-refractivity contribution is 0.0602. The quantitative estimate of drug-likeness (QED) is 0.624. The average molecular weight is 415 g/mol. The summed E-state index contributed by atoms with van der Waals surface area (Å²) < 4.78 is 60.0. The van der Waals surface area contributed by atoms with Crippen molar-refractivity contribution < 1.29 is 26.7 Å². The summed E-state index contributed by atoms with van der Waals surface area (Å²) in [5.41, 5.74) is 0.518. The summed E-state index contributed by atoms with van der Waals surface area (Å²) in [6.07, 6.45) is 0. The van der Waals surface area contributed by atoms with E-state index in [0.717, 1.165) is 18.4 Å². The number of aromatic nitrogens is 2. The maximum atomic E-state index is 13.6. The summed E-state index contributed by atoms with van der Waals surface area (Å²) in [5.74, 6) is -0.928. The van der Waals surface area contributed by atoms with Crippen molar-refractivity contribution >= 4 is 38.4 Å². The Morgan fingerprint density at radius 3 is 2.67 bits per heavy atom. The maximum absolute atomic E-state index is 13.6. The number of nitrogens with zero attached hydrogens (tertiary/aromatic N) is 2. The number of esters is 1.